The number of nitrogens with zero attached hydrogens (tertiary/aromatic N) is 6. The zero-order valence-electron chi connectivity index (χ0n) is 18.7. The number of ether oxygens (including phenoxy) is 1. The Labute approximate surface area is 188 Å². The third-order valence-corrected chi connectivity index (χ3v) is 6.33. The molecule has 2 aliphatic heterocycles. The lowest BCUT2D eigenvalue weighted by atomic mass is 10.0. The fourth-order valence-electron chi connectivity index (χ4n) is 4.63. The van der Waals surface area contributed by atoms with Crippen LogP contribution in [0.15, 0.2) is 23.3 Å². The minimum absolute atomic E-state index is 0.0860. The third-order valence-electron chi connectivity index (χ3n) is 6.33. The average Bonchev–Trinajstić information content (AvgIpc) is 3.24. The molecule has 1 unspecified atom stereocenters. The predicted octanol–water partition coefficient (Wildman–Crippen LogP) is 3.13. The molecule has 0 N–H and O–H groups in total. The number of rotatable bonds is 3. The minimum Gasteiger partial charge on any atom is -0.370 e. The second kappa shape index (κ2) is 7.54. The van der Waals surface area contributed by atoms with E-state index in [1.54, 1.807) is 6.20 Å². The average molecular weight is 462 g/mol. The molecule has 1 saturated heterocycles. The van der Waals surface area contributed by atoms with Gasteiger partial charge in [0.15, 0.2) is 0 Å². The summed E-state index contributed by atoms with van der Waals surface area (Å²) in [7, 11) is 0. The van der Waals surface area contributed by atoms with E-state index in [1.807, 2.05) is 25.7 Å². The molecule has 1 atom stereocenters. The van der Waals surface area contributed by atoms with Gasteiger partial charge in [-0.25, -0.2) is 13.9 Å². The molecule has 33 heavy (non-hydrogen) atoms. The summed E-state index contributed by atoms with van der Waals surface area (Å²) >= 11 is 0. The predicted molar refractivity (Wildman–Crippen MR) is 114 cm³/mol. The summed E-state index contributed by atoms with van der Waals surface area (Å²) in [6.45, 7) is 7.05. The Hall–Kier alpha value is -2.95. The Morgan fingerprint density at radius 3 is 2.79 bits per heavy atom. The number of aryl methyl sites for hydroxylation is 1. The molecule has 5 rings (SSSR count). The molecule has 2 aliphatic rings. The Morgan fingerprint density at radius 1 is 1.30 bits per heavy atom. The third kappa shape index (κ3) is 4.09. The lowest BCUT2D eigenvalue weighted by Gasteiger charge is -2.30. The summed E-state index contributed by atoms with van der Waals surface area (Å²) < 4.78 is 48.2. The van der Waals surface area contributed by atoms with Crippen LogP contribution >= 0.6 is 0 Å². The molecule has 3 aromatic rings. The zero-order chi connectivity index (χ0) is 23.5. The SMILES string of the molecule is Cc1cn2c(=O)n(CC3CCC(C)(C)O3)nc2nc1N1CCc2ncc(C(F)(F)F)cc2C1. The number of hydrogen-bond donors (Lipinski definition) is 0. The van der Waals surface area contributed by atoms with Gasteiger partial charge in [0, 0.05) is 43.2 Å². The molecule has 0 spiro atoms. The summed E-state index contributed by atoms with van der Waals surface area (Å²) in [6, 6.07) is 1.16. The second-order valence-corrected chi connectivity index (χ2v) is 9.42. The van der Waals surface area contributed by atoms with Crippen molar-refractivity contribution in [2.75, 3.05) is 11.4 Å². The lowest BCUT2D eigenvalue weighted by molar-refractivity contribution is -0.137. The topological polar surface area (TPSA) is 77.5 Å². The van der Waals surface area contributed by atoms with E-state index < -0.39 is 11.7 Å². The van der Waals surface area contributed by atoms with Gasteiger partial charge in [-0.15, -0.1) is 5.10 Å². The molecule has 0 aliphatic carbocycles. The fourth-order valence-corrected chi connectivity index (χ4v) is 4.63. The number of alkyl halides is 3. The number of pyridine rings is 1. The van der Waals surface area contributed by atoms with E-state index in [0.29, 0.717) is 36.6 Å². The van der Waals surface area contributed by atoms with Gasteiger partial charge >= 0.3 is 11.9 Å². The van der Waals surface area contributed by atoms with Crippen molar-refractivity contribution in [1.82, 2.24) is 24.1 Å². The Morgan fingerprint density at radius 2 is 2.09 bits per heavy atom. The maximum Gasteiger partial charge on any atom is 0.417 e. The summed E-state index contributed by atoms with van der Waals surface area (Å²) in [5, 5.41) is 4.40. The van der Waals surface area contributed by atoms with Gasteiger partial charge < -0.3 is 9.64 Å². The number of fused-ring (bicyclic) bond motifs is 2. The number of aromatic nitrogens is 5. The molecule has 8 nitrogen and oxygen atoms in total. The highest BCUT2D eigenvalue weighted by Crippen LogP contribution is 2.32. The van der Waals surface area contributed by atoms with Crippen LogP contribution in [0.5, 0.6) is 0 Å². The molecule has 0 saturated carbocycles. The van der Waals surface area contributed by atoms with Gasteiger partial charge in [-0.2, -0.15) is 18.2 Å². The quantitative estimate of drug-likeness (QED) is 0.595. The van der Waals surface area contributed by atoms with Gasteiger partial charge in [0.25, 0.3) is 5.78 Å². The van der Waals surface area contributed by atoms with Crippen molar-refractivity contribution in [3.8, 4) is 0 Å². The molecule has 3 aromatic heterocycles. The van der Waals surface area contributed by atoms with Crippen LogP contribution in [0.3, 0.4) is 0 Å². The standard InChI is InChI=1S/C22H25F3N6O2/c1-13-10-30-19(28-31(20(30)32)12-16-4-6-21(2,3)33-16)27-18(13)29-7-5-17-14(11-29)8-15(9-26-17)22(23,24)25/h8-10,16H,4-7,11-12H2,1-3H3. The van der Waals surface area contributed by atoms with E-state index in [1.165, 1.54) is 9.08 Å². The summed E-state index contributed by atoms with van der Waals surface area (Å²) in [5.74, 6) is 0.854. The monoisotopic (exact) mass is 462 g/mol. The maximum absolute atomic E-state index is 13.1. The Kier molecular flexibility index (Phi) is 5.00. The van der Waals surface area contributed by atoms with Gasteiger partial charge in [-0.3, -0.25) is 4.98 Å². The van der Waals surface area contributed by atoms with Crippen molar-refractivity contribution in [2.24, 2.45) is 0 Å². The van der Waals surface area contributed by atoms with Gasteiger partial charge in [0.1, 0.15) is 5.82 Å². The van der Waals surface area contributed by atoms with Gasteiger partial charge in [-0.1, -0.05) is 0 Å². The van der Waals surface area contributed by atoms with Crippen LogP contribution in [0.1, 0.15) is 49.1 Å². The number of anilines is 1. The first-order valence-corrected chi connectivity index (χ1v) is 10.9. The maximum atomic E-state index is 13.1. The van der Waals surface area contributed by atoms with Crippen LogP contribution in [0.25, 0.3) is 5.78 Å². The Balaban J connectivity index is 1.43. The van der Waals surface area contributed by atoms with Crippen LogP contribution in [-0.4, -0.2) is 42.4 Å². The Bertz CT molecular complexity index is 1280. The van der Waals surface area contributed by atoms with Gasteiger partial charge in [-0.05, 0) is 45.2 Å². The molecule has 5 heterocycles. The second-order valence-electron chi connectivity index (χ2n) is 9.42. The first-order chi connectivity index (χ1) is 15.5. The van der Waals surface area contributed by atoms with Crippen LogP contribution < -0.4 is 10.6 Å². The molecule has 0 amide bonds. The van der Waals surface area contributed by atoms with E-state index in [0.717, 1.165) is 30.7 Å². The number of halogens is 3. The molecule has 176 valence electrons. The van der Waals surface area contributed by atoms with Crippen LogP contribution in [0.2, 0.25) is 0 Å². The highest BCUT2D eigenvalue weighted by molar-refractivity contribution is 5.52. The summed E-state index contributed by atoms with van der Waals surface area (Å²) in [4.78, 5) is 23.4. The van der Waals surface area contributed by atoms with E-state index in [9.17, 15) is 18.0 Å². The number of hydrogen-bond acceptors (Lipinski definition) is 6. The first kappa shape index (κ1) is 21.9. The first-order valence-electron chi connectivity index (χ1n) is 10.9. The molecule has 0 bridgehead atoms. The van der Waals surface area contributed by atoms with Crippen LogP contribution in [-0.2, 0) is 30.4 Å². The molecule has 11 heteroatoms. The molecular weight excluding hydrogens is 437 g/mol. The van der Waals surface area contributed by atoms with E-state index in [4.69, 9.17) is 4.74 Å². The lowest BCUT2D eigenvalue weighted by Crippen LogP contribution is -2.33. The summed E-state index contributed by atoms with van der Waals surface area (Å²) in [5.41, 5.74) is 0.681. The fraction of sp³-hybridized carbons (Fsp3) is 0.545. The van der Waals surface area contributed by atoms with Gasteiger partial charge in [0.05, 0.1) is 23.8 Å². The smallest absolute Gasteiger partial charge is 0.370 e. The van der Waals surface area contributed by atoms with Crippen molar-refractivity contribution in [1.29, 1.82) is 0 Å². The van der Waals surface area contributed by atoms with Crippen molar-refractivity contribution < 1.29 is 17.9 Å². The zero-order valence-corrected chi connectivity index (χ0v) is 18.7. The normalized spacial score (nSPS) is 20.4. The van der Waals surface area contributed by atoms with Crippen molar-refractivity contribution >= 4 is 11.6 Å². The van der Waals surface area contributed by atoms with Crippen LogP contribution in [0.4, 0.5) is 19.0 Å². The van der Waals surface area contributed by atoms with Crippen molar-refractivity contribution in [2.45, 2.75) is 71.0 Å². The van der Waals surface area contributed by atoms with Crippen molar-refractivity contribution in [3.05, 3.63) is 51.3 Å². The molecule has 1 fully saturated rings. The van der Waals surface area contributed by atoms with E-state index in [2.05, 4.69) is 15.1 Å². The van der Waals surface area contributed by atoms with E-state index >= 15 is 0 Å². The van der Waals surface area contributed by atoms with Crippen molar-refractivity contribution in [3.63, 3.8) is 0 Å². The molecular formula is C22H25F3N6O2. The molecule has 0 radical (unpaired) electrons. The molecule has 0 aromatic carbocycles. The van der Waals surface area contributed by atoms with E-state index in [-0.39, 0.29) is 29.7 Å². The largest absolute Gasteiger partial charge is 0.417 e. The van der Waals surface area contributed by atoms with Crippen LogP contribution in [0, 0.1) is 6.92 Å². The highest BCUT2D eigenvalue weighted by Gasteiger charge is 2.34. The van der Waals surface area contributed by atoms with Gasteiger partial charge in [0.2, 0.25) is 0 Å². The summed E-state index contributed by atoms with van der Waals surface area (Å²) in [6.07, 6.45) is 0.326. The highest BCUT2D eigenvalue weighted by atomic mass is 19.4. The minimum atomic E-state index is -4.44.